The molecule has 4 nitrogen and oxygen atoms in total. The number of hydrogen-bond donors (Lipinski definition) is 1. The number of hydrogen-bond acceptors (Lipinski definition) is 2. The maximum Gasteiger partial charge on any atom is 0.193 e. The summed E-state index contributed by atoms with van der Waals surface area (Å²) >= 11 is 0. The molecule has 1 aromatic rings. The van der Waals surface area contributed by atoms with Gasteiger partial charge in [-0.3, -0.25) is 9.89 Å². The van der Waals surface area contributed by atoms with E-state index in [-0.39, 0.29) is 24.0 Å². The number of aliphatic imine (C=N–C) groups is 1. The summed E-state index contributed by atoms with van der Waals surface area (Å²) < 4.78 is 0. The van der Waals surface area contributed by atoms with Crippen molar-refractivity contribution in [2.45, 2.75) is 6.54 Å². The van der Waals surface area contributed by atoms with Crippen molar-refractivity contribution >= 4 is 29.9 Å². The van der Waals surface area contributed by atoms with E-state index in [0.717, 1.165) is 45.2 Å². The number of halogens is 1. The summed E-state index contributed by atoms with van der Waals surface area (Å²) in [5.41, 5.74) is 1.38. The fourth-order valence-electron chi connectivity index (χ4n) is 2.46. The summed E-state index contributed by atoms with van der Waals surface area (Å²) in [4.78, 5) is 9.13. The Labute approximate surface area is 144 Å². The van der Waals surface area contributed by atoms with Gasteiger partial charge in [0.15, 0.2) is 5.96 Å². The number of benzene rings is 1. The minimum Gasteiger partial charge on any atom is -0.353 e. The lowest BCUT2D eigenvalue weighted by atomic mass is 10.2. The second kappa shape index (κ2) is 9.78. The van der Waals surface area contributed by atoms with E-state index in [9.17, 15) is 0 Å². The first-order valence-corrected chi connectivity index (χ1v) is 7.16. The quantitative estimate of drug-likeness (QED) is 0.364. The molecule has 0 amide bonds. The Morgan fingerprint density at radius 3 is 2.48 bits per heavy atom. The molecule has 1 aliphatic rings. The second-order valence-corrected chi connectivity index (χ2v) is 4.97. The van der Waals surface area contributed by atoms with Crippen molar-refractivity contribution in [3.05, 3.63) is 48.6 Å². The number of guanidine groups is 1. The van der Waals surface area contributed by atoms with Crippen LogP contribution in [0.1, 0.15) is 5.56 Å². The van der Waals surface area contributed by atoms with E-state index < -0.39 is 0 Å². The van der Waals surface area contributed by atoms with Gasteiger partial charge >= 0.3 is 0 Å². The van der Waals surface area contributed by atoms with Gasteiger partial charge in [-0.05, 0) is 5.56 Å². The molecule has 1 aliphatic heterocycles. The van der Waals surface area contributed by atoms with Crippen LogP contribution in [-0.4, -0.2) is 55.5 Å². The zero-order valence-corrected chi connectivity index (χ0v) is 15.0. The van der Waals surface area contributed by atoms with Gasteiger partial charge in [0.05, 0.1) is 0 Å². The topological polar surface area (TPSA) is 30.9 Å². The highest BCUT2D eigenvalue weighted by Crippen LogP contribution is 2.08. The van der Waals surface area contributed by atoms with Crippen LogP contribution in [0.5, 0.6) is 0 Å². The predicted octanol–water partition coefficient (Wildman–Crippen LogP) is 2.18. The van der Waals surface area contributed by atoms with Crippen molar-refractivity contribution in [2.24, 2.45) is 4.99 Å². The molecule has 1 saturated heterocycles. The van der Waals surface area contributed by atoms with Gasteiger partial charge < -0.3 is 10.2 Å². The highest BCUT2D eigenvalue weighted by Gasteiger charge is 2.19. The van der Waals surface area contributed by atoms with Crippen LogP contribution in [0.15, 0.2) is 48.0 Å². The number of piperazine rings is 1. The normalized spacial score (nSPS) is 16.2. The third kappa shape index (κ3) is 5.67. The molecule has 116 valence electrons. The molecule has 1 heterocycles. The van der Waals surface area contributed by atoms with E-state index in [4.69, 9.17) is 0 Å². The lowest BCUT2D eigenvalue weighted by molar-refractivity contribution is 0.173. The van der Waals surface area contributed by atoms with Crippen LogP contribution in [0.25, 0.3) is 0 Å². The predicted molar refractivity (Wildman–Crippen MR) is 100 cm³/mol. The van der Waals surface area contributed by atoms with Crippen molar-refractivity contribution in [2.75, 3.05) is 39.8 Å². The van der Waals surface area contributed by atoms with Gasteiger partial charge in [0.25, 0.3) is 0 Å². The molecule has 0 saturated carbocycles. The Bertz CT molecular complexity index is 439. The minimum atomic E-state index is 0. The molecule has 0 aromatic heterocycles. The summed E-state index contributed by atoms with van der Waals surface area (Å²) in [6.07, 6.45) is 1.86. The molecular formula is C16H25IN4. The van der Waals surface area contributed by atoms with Crippen LogP contribution in [0.4, 0.5) is 0 Å². The van der Waals surface area contributed by atoms with Crippen LogP contribution in [-0.2, 0) is 6.54 Å². The van der Waals surface area contributed by atoms with E-state index in [1.807, 2.05) is 13.1 Å². The Kier molecular flexibility index (Phi) is 8.37. The van der Waals surface area contributed by atoms with Crippen molar-refractivity contribution < 1.29 is 0 Å². The van der Waals surface area contributed by atoms with Gasteiger partial charge in [0, 0.05) is 46.3 Å². The van der Waals surface area contributed by atoms with Crippen LogP contribution in [0, 0.1) is 0 Å². The number of nitrogens with one attached hydrogen (secondary N) is 1. The standard InChI is InChI=1S/C16H24N4.HI/c1-3-9-18-16(17-2)20-12-10-19(11-13-20)14-15-7-5-4-6-8-15;/h3-8H,1,9-14H2,2H3,(H,17,18);1H. The Hall–Kier alpha value is -1.08. The fourth-order valence-corrected chi connectivity index (χ4v) is 2.46. The second-order valence-electron chi connectivity index (χ2n) is 4.97. The summed E-state index contributed by atoms with van der Waals surface area (Å²) in [6.45, 7) is 9.70. The zero-order valence-electron chi connectivity index (χ0n) is 12.7. The van der Waals surface area contributed by atoms with Crippen molar-refractivity contribution in [3.8, 4) is 0 Å². The molecule has 21 heavy (non-hydrogen) atoms. The highest BCUT2D eigenvalue weighted by molar-refractivity contribution is 14.0. The zero-order chi connectivity index (χ0) is 14.2. The molecule has 1 N–H and O–H groups in total. The largest absolute Gasteiger partial charge is 0.353 e. The van der Waals surface area contributed by atoms with Gasteiger partial charge in [-0.2, -0.15) is 0 Å². The smallest absolute Gasteiger partial charge is 0.193 e. The molecule has 0 atom stereocenters. The average Bonchev–Trinajstić information content (AvgIpc) is 2.50. The summed E-state index contributed by atoms with van der Waals surface area (Å²) in [6, 6.07) is 10.7. The molecular weight excluding hydrogens is 375 g/mol. The maximum atomic E-state index is 4.32. The Morgan fingerprint density at radius 1 is 1.24 bits per heavy atom. The number of rotatable bonds is 4. The molecule has 0 unspecified atom stereocenters. The van der Waals surface area contributed by atoms with Crippen LogP contribution in [0.2, 0.25) is 0 Å². The average molecular weight is 400 g/mol. The van der Waals surface area contributed by atoms with Gasteiger partial charge in [0.2, 0.25) is 0 Å². The Morgan fingerprint density at radius 2 is 1.90 bits per heavy atom. The lowest BCUT2D eigenvalue weighted by Gasteiger charge is -2.36. The summed E-state index contributed by atoms with van der Waals surface area (Å²) in [7, 11) is 1.84. The van der Waals surface area contributed by atoms with Crippen LogP contribution >= 0.6 is 24.0 Å². The van der Waals surface area contributed by atoms with E-state index in [1.54, 1.807) is 0 Å². The molecule has 0 radical (unpaired) electrons. The molecule has 2 rings (SSSR count). The fraction of sp³-hybridized carbons (Fsp3) is 0.438. The van der Waals surface area contributed by atoms with Gasteiger partial charge in [-0.25, -0.2) is 0 Å². The molecule has 1 fully saturated rings. The van der Waals surface area contributed by atoms with E-state index >= 15 is 0 Å². The van der Waals surface area contributed by atoms with Crippen LogP contribution < -0.4 is 5.32 Å². The van der Waals surface area contributed by atoms with Crippen LogP contribution in [0.3, 0.4) is 0 Å². The molecule has 0 aliphatic carbocycles. The molecule has 5 heteroatoms. The van der Waals surface area contributed by atoms with Gasteiger partial charge in [-0.1, -0.05) is 36.4 Å². The van der Waals surface area contributed by atoms with Crippen molar-refractivity contribution in [3.63, 3.8) is 0 Å². The SMILES string of the molecule is C=CCNC(=NC)N1CCN(Cc2ccccc2)CC1.I. The summed E-state index contributed by atoms with van der Waals surface area (Å²) in [5.74, 6) is 0.976. The molecule has 1 aromatic carbocycles. The van der Waals surface area contributed by atoms with E-state index in [2.05, 4.69) is 57.0 Å². The first-order valence-electron chi connectivity index (χ1n) is 7.16. The van der Waals surface area contributed by atoms with Gasteiger partial charge in [-0.15, -0.1) is 30.6 Å². The van der Waals surface area contributed by atoms with Gasteiger partial charge in [0.1, 0.15) is 0 Å². The third-order valence-corrected chi connectivity index (χ3v) is 3.54. The summed E-state index contributed by atoms with van der Waals surface area (Å²) in [5, 5.41) is 3.29. The van der Waals surface area contributed by atoms with Crippen molar-refractivity contribution in [1.82, 2.24) is 15.1 Å². The highest BCUT2D eigenvalue weighted by atomic mass is 127. The molecule has 0 spiro atoms. The monoisotopic (exact) mass is 400 g/mol. The maximum absolute atomic E-state index is 4.32. The molecule has 0 bridgehead atoms. The first-order chi connectivity index (χ1) is 9.83. The lowest BCUT2D eigenvalue weighted by Crippen LogP contribution is -2.52. The van der Waals surface area contributed by atoms with E-state index in [0.29, 0.717) is 0 Å². The van der Waals surface area contributed by atoms with Crippen molar-refractivity contribution in [1.29, 1.82) is 0 Å². The Balaban J connectivity index is 0.00000220. The minimum absolute atomic E-state index is 0. The van der Waals surface area contributed by atoms with E-state index in [1.165, 1.54) is 5.56 Å². The first kappa shape index (κ1) is 18.0. The third-order valence-electron chi connectivity index (χ3n) is 3.54. The number of nitrogens with zero attached hydrogens (tertiary/aromatic N) is 3.